The monoisotopic (exact) mass is 428 g/mol. The van der Waals surface area contributed by atoms with Crippen LogP contribution in [0.5, 0.6) is 0 Å². The number of benzene rings is 2. The molecule has 2 aliphatic rings. The molecule has 3 aromatic rings. The molecule has 0 fully saturated rings. The summed E-state index contributed by atoms with van der Waals surface area (Å²) in [4.78, 5) is 29.9. The minimum Gasteiger partial charge on any atom is -0.511 e. The first-order valence-electron chi connectivity index (χ1n) is 11.1. The maximum Gasteiger partial charge on any atom is 0.168 e. The van der Waals surface area contributed by atoms with Crippen molar-refractivity contribution in [3.8, 4) is 0 Å². The molecule has 0 unspecified atom stereocenters. The molecule has 6 heteroatoms. The summed E-state index contributed by atoms with van der Waals surface area (Å²) in [6, 6.07) is 13.9. The van der Waals surface area contributed by atoms with Gasteiger partial charge in [-0.1, -0.05) is 35.5 Å². The molecule has 1 aromatic heterocycles. The number of ketones is 2. The molecule has 0 aliphatic heterocycles. The second-order valence-corrected chi connectivity index (χ2v) is 8.39. The van der Waals surface area contributed by atoms with Crippen molar-refractivity contribution >= 4 is 33.7 Å². The molecular weight excluding hydrogens is 404 g/mol. The third-order valence-corrected chi connectivity index (χ3v) is 6.19. The number of aliphatic imine (C=N–C) groups is 1. The highest BCUT2D eigenvalue weighted by Crippen LogP contribution is 2.29. The van der Waals surface area contributed by atoms with Gasteiger partial charge in [0.25, 0.3) is 0 Å². The first-order valence-corrected chi connectivity index (χ1v) is 11.1. The third kappa shape index (κ3) is 3.88. The lowest BCUT2D eigenvalue weighted by atomic mass is 9.89. The van der Waals surface area contributed by atoms with Crippen LogP contribution in [0.2, 0.25) is 0 Å². The normalized spacial score (nSPS) is 17.2. The largest absolute Gasteiger partial charge is 0.511 e. The SMILES string of the molecule is O=C1CCCC(O)=C1C(CCc1noc2c1C(=O)CCC2)=Nc1ccc2ccccc2c1. The molecule has 0 spiro atoms. The fourth-order valence-electron chi connectivity index (χ4n) is 4.59. The lowest BCUT2D eigenvalue weighted by molar-refractivity contribution is -0.115. The molecule has 162 valence electrons. The molecule has 2 aromatic carbocycles. The van der Waals surface area contributed by atoms with Gasteiger partial charge in [0, 0.05) is 25.7 Å². The Hall–Kier alpha value is -3.54. The molecule has 0 radical (unpaired) electrons. The molecular formula is C26H24N2O4. The standard InChI is InChI=1S/C26H24N2O4/c29-21-7-3-8-22(30)25(21)19(27-18-12-11-16-5-1-2-6-17(16)15-18)13-14-20-26-23(31)9-4-10-24(26)32-28-20/h1-2,5-6,11-12,15,29H,3-4,7-10,13-14H2. The molecule has 5 rings (SSSR count). The Bertz CT molecular complexity index is 1280. The van der Waals surface area contributed by atoms with Gasteiger partial charge in [-0.2, -0.15) is 0 Å². The summed E-state index contributed by atoms with van der Waals surface area (Å²) in [5.41, 5.74) is 2.76. The van der Waals surface area contributed by atoms with Crippen molar-refractivity contribution in [2.45, 2.75) is 51.4 Å². The Morgan fingerprint density at radius 2 is 1.75 bits per heavy atom. The number of carbonyl (C=O) groups excluding carboxylic acids is 2. The van der Waals surface area contributed by atoms with Crippen molar-refractivity contribution in [1.29, 1.82) is 0 Å². The van der Waals surface area contributed by atoms with Crippen LogP contribution in [0.4, 0.5) is 5.69 Å². The number of aliphatic hydroxyl groups excluding tert-OH is 1. The second kappa shape index (κ2) is 8.54. The Balaban J connectivity index is 1.51. The summed E-state index contributed by atoms with van der Waals surface area (Å²) >= 11 is 0. The summed E-state index contributed by atoms with van der Waals surface area (Å²) in [6.45, 7) is 0. The van der Waals surface area contributed by atoms with Gasteiger partial charge in [0.05, 0.1) is 28.2 Å². The van der Waals surface area contributed by atoms with Crippen LogP contribution in [-0.2, 0) is 17.6 Å². The maximum atomic E-state index is 12.7. The zero-order valence-electron chi connectivity index (χ0n) is 17.8. The Morgan fingerprint density at radius 1 is 0.969 bits per heavy atom. The molecule has 32 heavy (non-hydrogen) atoms. The van der Waals surface area contributed by atoms with E-state index in [1.165, 1.54) is 0 Å². The van der Waals surface area contributed by atoms with Gasteiger partial charge < -0.3 is 9.63 Å². The van der Waals surface area contributed by atoms with E-state index in [1.54, 1.807) is 0 Å². The van der Waals surface area contributed by atoms with Crippen LogP contribution < -0.4 is 0 Å². The average molecular weight is 428 g/mol. The number of allylic oxidation sites excluding steroid dienone is 2. The van der Waals surface area contributed by atoms with E-state index in [-0.39, 0.29) is 17.3 Å². The van der Waals surface area contributed by atoms with Crippen molar-refractivity contribution < 1.29 is 19.2 Å². The van der Waals surface area contributed by atoms with E-state index >= 15 is 0 Å². The smallest absolute Gasteiger partial charge is 0.168 e. The van der Waals surface area contributed by atoms with Gasteiger partial charge in [-0.25, -0.2) is 0 Å². The highest BCUT2D eigenvalue weighted by molar-refractivity contribution is 6.23. The summed E-state index contributed by atoms with van der Waals surface area (Å²) in [6.07, 6.45) is 4.31. The summed E-state index contributed by atoms with van der Waals surface area (Å²) in [7, 11) is 0. The number of Topliss-reactive ketones (excluding diaryl/α,β-unsaturated/α-hetero) is 2. The fraction of sp³-hybridized carbons (Fsp3) is 0.308. The second-order valence-electron chi connectivity index (χ2n) is 8.39. The van der Waals surface area contributed by atoms with E-state index in [0.717, 1.165) is 29.3 Å². The van der Waals surface area contributed by atoms with E-state index in [1.807, 2.05) is 42.5 Å². The molecule has 6 nitrogen and oxygen atoms in total. The molecule has 2 aliphatic carbocycles. The molecule has 1 N–H and O–H groups in total. The fourth-order valence-corrected chi connectivity index (χ4v) is 4.59. The van der Waals surface area contributed by atoms with Gasteiger partial charge in [-0.15, -0.1) is 0 Å². The minimum atomic E-state index is -0.0912. The summed E-state index contributed by atoms with van der Waals surface area (Å²) < 4.78 is 5.40. The van der Waals surface area contributed by atoms with Gasteiger partial charge >= 0.3 is 0 Å². The first kappa shape index (κ1) is 20.4. The molecule has 0 saturated carbocycles. The van der Waals surface area contributed by atoms with Gasteiger partial charge in [0.15, 0.2) is 11.6 Å². The molecule has 1 heterocycles. The highest BCUT2D eigenvalue weighted by Gasteiger charge is 2.28. The number of fused-ring (bicyclic) bond motifs is 2. The summed E-state index contributed by atoms with van der Waals surface area (Å²) in [5.74, 6) is 0.719. The Kier molecular flexibility index (Phi) is 5.43. The van der Waals surface area contributed by atoms with Crippen LogP contribution in [0.25, 0.3) is 10.8 Å². The van der Waals surface area contributed by atoms with Gasteiger partial charge in [-0.3, -0.25) is 14.6 Å². The van der Waals surface area contributed by atoms with Crippen molar-refractivity contribution in [2.75, 3.05) is 0 Å². The maximum absolute atomic E-state index is 12.7. The van der Waals surface area contributed by atoms with E-state index in [9.17, 15) is 14.7 Å². The first-order chi connectivity index (χ1) is 15.6. The van der Waals surface area contributed by atoms with E-state index in [2.05, 4.69) is 5.16 Å². The van der Waals surface area contributed by atoms with Crippen LogP contribution in [0.3, 0.4) is 0 Å². The Labute approximate surface area is 185 Å². The topological polar surface area (TPSA) is 92.8 Å². The van der Waals surface area contributed by atoms with Crippen LogP contribution in [-0.4, -0.2) is 27.5 Å². The number of aromatic nitrogens is 1. The zero-order valence-corrected chi connectivity index (χ0v) is 17.8. The van der Waals surface area contributed by atoms with E-state index < -0.39 is 0 Å². The lowest BCUT2D eigenvalue weighted by Crippen LogP contribution is -2.20. The number of aryl methyl sites for hydroxylation is 2. The zero-order chi connectivity index (χ0) is 22.1. The van der Waals surface area contributed by atoms with Crippen molar-refractivity contribution in [2.24, 2.45) is 4.99 Å². The van der Waals surface area contributed by atoms with Crippen LogP contribution in [0, 0.1) is 0 Å². The molecule has 0 atom stereocenters. The van der Waals surface area contributed by atoms with Gasteiger partial charge in [0.2, 0.25) is 0 Å². The highest BCUT2D eigenvalue weighted by atomic mass is 16.5. The van der Waals surface area contributed by atoms with Crippen LogP contribution in [0.15, 0.2) is 63.3 Å². The number of hydrogen-bond donors (Lipinski definition) is 1. The molecule has 0 saturated heterocycles. The van der Waals surface area contributed by atoms with Crippen LogP contribution >= 0.6 is 0 Å². The van der Waals surface area contributed by atoms with Crippen molar-refractivity contribution in [3.05, 3.63) is 70.8 Å². The van der Waals surface area contributed by atoms with Gasteiger partial charge in [-0.05, 0) is 48.6 Å². The number of hydrogen-bond acceptors (Lipinski definition) is 6. The quantitative estimate of drug-likeness (QED) is 0.533. The Morgan fingerprint density at radius 3 is 2.59 bits per heavy atom. The van der Waals surface area contributed by atoms with Crippen LogP contribution in [0.1, 0.15) is 60.3 Å². The van der Waals surface area contributed by atoms with E-state index in [0.29, 0.717) is 66.8 Å². The predicted molar refractivity (Wildman–Crippen MR) is 122 cm³/mol. The summed E-state index contributed by atoms with van der Waals surface area (Å²) in [5, 5.41) is 16.8. The predicted octanol–water partition coefficient (Wildman–Crippen LogP) is 5.62. The average Bonchev–Trinajstić information content (AvgIpc) is 3.21. The van der Waals surface area contributed by atoms with Crippen molar-refractivity contribution in [1.82, 2.24) is 5.16 Å². The number of nitrogens with zero attached hydrogens (tertiary/aromatic N) is 2. The lowest BCUT2D eigenvalue weighted by Gasteiger charge is -2.17. The minimum absolute atomic E-state index is 0.0614. The van der Waals surface area contributed by atoms with Gasteiger partial charge in [0.1, 0.15) is 11.5 Å². The van der Waals surface area contributed by atoms with Crippen molar-refractivity contribution in [3.63, 3.8) is 0 Å². The van der Waals surface area contributed by atoms with E-state index in [4.69, 9.17) is 9.52 Å². The number of aliphatic hydroxyl groups is 1. The number of rotatable bonds is 5. The molecule has 0 bridgehead atoms. The number of carbonyl (C=O) groups is 2. The molecule has 0 amide bonds. The third-order valence-electron chi connectivity index (χ3n) is 6.19.